The summed E-state index contributed by atoms with van der Waals surface area (Å²) in [5, 5.41) is 0. The van der Waals surface area contributed by atoms with Crippen molar-refractivity contribution in [2.24, 2.45) is 0 Å². The van der Waals surface area contributed by atoms with Gasteiger partial charge in [0.1, 0.15) is 5.75 Å². The number of benzene rings is 2. The minimum atomic E-state index is -0.355. The number of halogens is 1. The van der Waals surface area contributed by atoms with Crippen LogP contribution in [-0.4, -0.2) is 20.2 Å². The summed E-state index contributed by atoms with van der Waals surface area (Å²) in [6.45, 7) is 0. The van der Waals surface area contributed by atoms with Gasteiger partial charge in [-0.15, -0.1) is 0 Å². The van der Waals surface area contributed by atoms with Crippen LogP contribution in [0.3, 0.4) is 0 Å². The fraction of sp³-hybridized carbons (Fsp3) is 0.133. The predicted molar refractivity (Wildman–Crippen MR) is 77.5 cm³/mol. The van der Waals surface area contributed by atoms with E-state index in [1.165, 1.54) is 7.11 Å². The molecule has 0 heterocycles. The van der Waals surface area contributed by atoms with Gasteiger partial charge in [0.15, 0.2) is 0 Å². The van der Waals surface area contributed by atoms with Crippen LogP contribution in [0.25, 0.3) is 11.1 Å². The first-order valence-electron chi connectivity index (χ1n) is 5.68. The number of methoxy groups -OCH3 is 2. The normalized spacial score (nSPS) is 10.1. The Hall–Kier alpha value is -1.81. The highest BCUT2D eigenvalue weighted by Crippen LogP contribution is 2.33. The average molecular weight is 321 g/mol. The SMILES string of the molecule is COC(=O)c1cccc(Br)c1-c1ccc(OC)cc1. The largest absolute Gasteiger partial charge is 0.497 e. The second kappa shape index (κ2) is 5.89. The van der Waals surface area contributed by atoms with Crippen molar-refractivity contribution in [3.8, 4) is 16.9 Å². The van der Waals surface area contributed by atoms with Crippen LogP contribution in [0.1, 0.15) is 10.4 Å². The minimum absolute atomic E-state index is 0.355. The molecule has 0 aliphatic heterocycles. The molecule has 0 aliphatic carbocycles. The minimum Gasteiger partial charge on any atom is -0.497 e. The summed E-state index contributed by atoms with van der Waals surface area (Å²) in [6.07, 6.45) is 0. The zero-order chi connectivity index (χ0) is 13.8. The van der Waals surface area contributed by atoms with Gasteiger partial charge in [-0.2, -0.15) is 0 Å². The Morgan fingerprint density at radius 2 is 1.74 bits per heavy atom. The van der Waals surface area contributed by atoms with Gasteiger partial charge in [0.2, 0.25) is 0 Å². The van der Waals surface area contributed by atoms with Crippen LogP contribution in [0, 0.1) is 0 Å². The van der Waals surface area contributed by atoms with Gasteiger partial charge < -0.3 is 9.47 Å². The molecule has 0 N–H and O–H groups in total. The first kappa shape index (κ1) is 13.6. The first-order valence-corrected chi connectivity index (χ1v) is 6.48. The molecule has 3 nitrogen and oxygen atoms in total. The Morgan fingerprint density at radius 1 is 1.05 bits per heavy atom. The van der Waals surface area contributed by atoms with Gasteiger partial charge >= 0.3 is 5.97 Å². The van der Waals surface area contributed by atoms with Crippen LogP contribution in [0.4, 0.5) is 0 Å². The van der Waals surface area contributed by atoms with Crippen molar-refractivity contribution in [3.63, 3.8) is 0 Å². The van der Waals surface area contributed by atoms with E-state index in [1.54, 1.807) is 13.2 Å². The molecule has 2 rings (SSSR count). The zero-order valence-electron chi connectivity index (χ0n) is 10.6. The molecule has 19 heavy (non-hydrogen) atoms. The van der Waals surface area contributed by atoms with E-state index in [1.807, 2.05) is 36.4 Å². The Morgan fingerprint density at radius 3 is 2.32 bits per heavy atom. The zero-order valence-corrected chi connectivity index (χ0v) is 12.2. The van der Waals surface area contributed by atoms with Crippen LogP contribution in [0.2, 0.25) is 0 Å². The highest BCUT2D eigenvalue weighted by molar-refractivity contribution is 9.10. The van der Waals surface area contributed by atoms with Gasteiger partial charge in [0, 0.05) is 10.0 Å². The topological polar surface area (TPSA) is 35.5 Å². The Balaban J connectivity index is 2.56. The third-order valence-corrected chi connectivity index (χ3v) is 3.46. The number of hydrogen-bond donors (Lipinski definition) is 0. The van der Waals surface area contributed by atoms with E-state index >= 15 is 0 Å². The lowest BCUT2D eigenvalue weighted by Crippen LogP contribution is -2.03. The number of carbonyl (C=O) groups excluding carboxylic acids is 1. The van der Waals surface area contributed by atoms with Crippen LogP contribution >= 0.6 is 15.9 Å². The molecule has 0 saturated carbocycles. The molecular weight excluding hydrogens is 308 g/mol. The number of ether oxygens (including phenoxy) is 2. The van der Waals surface area contributed by atoms with Gasteiger partial charge in [-0.1, -0.05) is 34.1 Å². The Kier molecular flexibility index (Phi) is 4.22. The molecule has 0 fully saturated rings. The monoisotopic (exact) mass is 320 g/mol. The molecule has 4 heteroatoms. The molecule has 0 spiro atoms. The number of rotatable bonds is 3. The van der Waals surface area contributed by atoms with Crippen molar-refractivity contribution in [2.45, 2.75) is 0 Å². The van der Waals surface area contributed by atoms with Crippen LogP contribution in [-0.2, 0) is 4.74 Å². The molecule has 0 radical (unpaired) electrons. The smallest absolute Gasteiger partial charge is 0.338 e. The van der Waals surface area contributed by atoms with Crippen molar-refractivity contribution in [1.82, 2.24) is 0 Å². The van der Waals surface area contributed by atoms with E-state index < -0.39 is 0 Å². The molecule has 0 bridgehead atoms. The summed E-state index contributed by atoms with van der Waals surface area (Å²) in [5.74, 6) is 0.419. The van der Waals surface area contributed by atoms with Crippen molar-refractivity contribution in [3.05, 3.63) is 52.5 Å². The van der Waals surface area contributed by atoms with Crippen molar-refractivity contribution in [2.75, 3.05) is 14.2 Å². The average Bonchev–Trinajstić information content (AvgIpc) is 2.46. The van der Waals surface area contributed by atoms with Crippen molar-refractivity contribution >= 4 is 21.9 Å². The molecule has 2 aromatic carbocycles. The van der Waals surface area contributed by atoms with Crippen molar-refractivity contribution in [1.29, 1.82) is 0 Å². The summed E-state index contributed by atoms with van der Waals surface area (Å²) < 4.78 is 10.8. The molecule has 0 atom stereocenters. The van der Waals surface area contributed by atoms with Gasteiger partial charge in [-0.3, -0.25) is 0 Å². The van der Waals surface area contributed by atoms with E-state index in [4.69, 9.17) is 9.47 Å². The second-order valence-corrected chi connectivity index (χ2v) is 4.74. The first-order chi connectivity index (χ1) is 9.17. The molecule has 2 aromatic rings. The van der Waals surface area contributed by atoms with Gasteiger partial charge in [-0.05, 0) is 29.8 Å². The summed E-state index contributed by atoms with van der Waals surface area (Å²) >= 11 is 3.48. The molecule has 0 amide bonds. The van der Waals surface area contributed by atoms with E-state index in [9.17, 15) is 4.79 Å². The van der Waals surface area contributed by atoms with E-state index in [2.05, 4.69) is 15.9 Å². The molecule has 0 aliphatic rings. The van der Waals surface area contributed by atoms with Gasteiger partial charge in [0.05, 0.1) is 19.8 Å². The highest BCUT2D eigenvalue weighted by atomic mass is 79.9. The molecule has 0 saturated heterocycles. The lowest BCUT2D eigenvalue weighted by molar-refractivity contribution is 0.0601. The van der Waals surface area contributed by atoms with Gasteiger partial charge in [-0.25, -0.2) is 4.79 Å². The Labute approximate surface area is 120 Å². The molecule has 0 unspecified atom stereocenters. The lowest BCUT2D eigenvalue weighted by Gasteiger charge is -2.11. The maximum Gasteiger partial charge on any atom is 0.338 e. The molecule has 0 aromatic heterocycles. The lowest BCUT2D eigenvalue weighted by atomic mass is 9.99. The standard InChI is InChI=1S/C15H13BrO3/c1-18-11-8-6-10(7-9-11)14-12(15(17)19-2)4-3-5-13(14)16/h3-9H,1-2H3. The fourth-order valence-corrected chi connectivity index (χ4v) is 2.45. The van der Waals surface area contributed by atoms with Crippen LogP contribution < -0.4 is 4.74 Å². The summed E-state index contributed by atoms with van der Waals surface area (Å²) in [5.41, 5.74) is 2.27. The summed E-state index contributed by atoms with van der Waals surface area (Å²) in [4.78, 5) is 11.8. The molecule has 98 valence electrons. The quantitative estimate of drug-likeness (QED) is 0.804. The number of carbonyl (C=O) groups is 1. The second-order valence-electron chi connectivity index (χ2n) is 3.88. The third kappa shape index (κ3) is 2.79. The fourth-order valence-electron chi connectivity index (χ4n) is 1.86. The molecular formula is C15H13BrO3. The van der Waals surface area contributed by atoms with Crippen molar-refractivity contribution < 1.29 is 14.3 Å². The maximum atomic E-state index is 11.8. The van der Waals surface area contributed by atoms with Gasteiger partial charge in [0.25, 0.3) is 0 Å². The van der Waals surface area contributed by atoms with E-state index in [-0.39, 0.29) is 5.97 Å². The van der Waals surface area contributed by atoms with Crippen LogP contribution in [0.5, 0.6) is 5.75 Å². The summed E-state index contributed by atoms with van der Waals surface area (Å²) in [6, 6.07) is 13.0. The summed E-state index contributed by atoms with van der Waals surface area (Å²) in [7, 11) is 2.99. The maximum absolute atomic E-state index is 11.8. The number of hydrogen-bond acceptors (Lipinski definition) is 3. The Bertz CT molecular complexity index is 591. The van der Waals surface area contributed by atoms with E-state index in [0.717, 1.165) is 21.3 Å². The van der Waals surface area contributed by atoms with E-state index in [0.29, 0.717) is 5.56 Å². The van der Waals surface area contributed by atoms with Crippen LogP contribution in [0.15, 0.2) is 46.9 Å². The highest BCUT2D eigenvalue weighted by Gasteiger charge is 2.15. The third-order valence-electron chi connectivity index (χ3n) is 2.80. The number of esters is 1. The predicted octanol–water partition coefficient (Wildman–Crippen LogP) is 3.91.